The minimum Gasteiger partial charge on any atom is -0.335 e. The number of carbonyl (C=O) groups is 1. The highest BCUT2D eigenvalue weighted by Crippen LogP contribution is 2.24. The number of likely N-dealkylation sites (tertiary alicyclic amines) is 2. The monoisotopic (exact) mass is 306 g/mol. The fourth-order valence-electron chi connectivity index (χ4n) is 3.62. The number of thiophene rings is 1. The van der Waals surface area contributed by atoms with Crippen LogP contribution in [0.4, 0.5) is 0 Å². The quantitative estimate of drug-likeness (QED) is 0.848. The van der Waals surface area contributed by atoms with Gasteiger partial charge in [0.2, 0.25) is 0 Å². The normalized spacial score (nSPS) is 24.2. The number of nitrogens with zero attached hydrogens (tertiary/aromatic N) is 2. The summed E-state index contributed by atoms with van der Waals surface area (Å²) in [7, 11) is 0. The van der Waals surface area contributed by atoms with Gasteiger partial charge in [-0.1, -0.05) is 12.5 Å². The van der Waals surface area contributed by atoms with Crippen LogP contribution in [0.3, 0.4) is 0 Å². The van der Waals surface area contributed by atoms with Crippen molar-refractivity contribution in [2.75, 3.05) is 26.2 Å². The fraction of sp³-hybridized carbons (Fsp3) is 0.706. The Morgan fingerprint density at radius 2 is 1.95 bits per heavy atom. The molecule has 2 saturated heterocycles. The summed E-state index contributed by atoms with van der Waals surface area (Å²) in [4.78, 5) is 18.3. The van der Waals surface area contributed by atoms with Crippen LogP contribution < -0.4 is 0 Å². The van der Waals surface area contributed by atoms with Gasteiger partial charge in [0.25, 0.3) is 5.91 Å². The van der Waals surface area contributed by atoms with Crippen LogP contribution in [0.25, 0.3) is 0 Å². The van der Waals surface area contributed by atoms with Crippen LogP contribution in [0.1, 0.15) is 54.6 Å². The molecule has 21 heavy (non-hydrogen) atoms. The third-order valence-electron chi connectivity index (χ3n) is 4.85. The van der Waals surface area contributed by atoms with E-state index < -0.39 is 0 Å². The molecule has 3 nitrogen and oxygen atoms in total. The summed E-state index contributed by atoms with van der Waals surface area (Å²) in [5.41, 5.74) is 0. The summed E-state index contributed by atoms with van der Waals surface area (Å²) in [5, 5.41) is 2.00. The molecule has 0 aliphatic carbocycles. The Kier molecular flexibility index (Phi) is 5.31. The lowest BCUT2D eigenvalue weighted by molar-refractivity contribution is 0.0584. The molecule has 0 unspecified atom stereocenters. The summed E-state index contributed by atoms with van der Waals surface area (Å²) >= 11 is 1.57. The van der Waals surface area contributed by atoms with Gasteiger partial charge in [-0.05, 0) is 63.1 Å². The molecule has 3 heterocycles. The van der Waals surface area contributed by atoms with Crippen molar-refractivity contribution in [2.24, 2.45) is 0 Å². The van der Waals surface area contributed by atoms with Crippen molar-refractivity contribution < 1.29 is 4.79 Å². The van der Waals surface area contributed by atoms with E-state index in [0.717, 1.165) is 24.3 Å². The van der Waals surface area contributed by atoms with Crippen molar-refractivity contribution in [1.29, 1.82) is 0 Å². The molecule has 1 aromatic heterocycles. The molecule has 2 fully saturated rings. The molecule has 1 atom stereocenters. The van der Waals surface area contributed by atoms with E-state index in [1.54, 1.807) is 11.3 Å². The largest absolute Gasteiger partial charge is 0.335 e. The number of carbonyl (C=O) groups excluding carboxylic acids is 1. The maximum Gasteiger partial charge on any atom is 0.264 e. The van der Waals surface area contributed by atoms with Gasteiger partial charge in [0.05, 0.1) is 4.88 Å². The Morgan fingerprint density at radius 3 is 2.71 bits per heavy atom. The van der Waals surface area contributed by atoms with Crippen LogP contribution in [0, 0.1) is 0 Å². The molecule has 0 saturated carbocycles. The lowest BCUT2D eigenvalue weighted by Crippen LogP contribution is -2.45. The second kappa shape index (κ2) is 7.41. The van der Waals surface area contributed by atoms with Crippen molar-refractivity contribution in [3.05, 3.63) is 22.4 Å². The van der Waals surface area contributed by atoms with Gasteiger partial charge in [0.15, 0.2) is 0 Å². The summed E-state index contributed by atoms with van der Waals surface area (Å²) < 4.78 is 0. The van der Waals surface area contributed by atoms with Crippen molar-refractivity contribution in [3.63, 3.8) is 0 Å². The van der Waals surface area contributed by atoms with E-state index in [9.17, 15) is 4.79 Å². The molecule has 0 bridgehead atoms. The van der Waals surface area contributed by atoms with E-state index in [0.29, 0.717) is 6.04 Å². The van der Waals surface area contributed by atoms with E-state index in [-0.39, 0.29) is 5.91 Å². The summed E-state index contributed by atoms with van der Waals surface area (Å²) in [6.45, 7) is 4.62. The average Bonchev–Trinajstić information content (AvgIpc) is 3.08. The summed E-state index contributed by atoms with van der Waals surface area (Å²) in [5.74, 6) is 0.258. The zero-order valence-electron chi connectivity index (χ0n) is 12.8. The van der Waals surface area contributed by atoms with Gasteiger partial charge in [0.1, 0.15) is 0 Å². The Morgan fingerprint density at radius 1 is 1.14 bits per heavy atom. The van der Waals surface area contributed by atoms with Crippen LogP contribution in [0.5, 0.6) is 0 Å². The molecule has 0 N–H and O–H groups in total. The highest BCUT2D eigenvalue weighted by atomic mass is 32.1. The Bertz CT molecular complexity index is 440. The lowest BCUT2D eigenvalue weighted by atomic mass is 9.98. The Labute approximate surface area is 131 Å². The van der Waals surface area contributed by atoms with E-state index in [2.05, 4.69) is 9.80 Å². The first-order chi connectivity index (χ1) is 10.3. The van der Waals surface area contributed by atoms with Crippen molar-refractivity contribution in [3.8, 4) is 0 Å². The number of hydrogen-bond acceptors (Lipinski definition) is 3. The average molecular weight is 306 g/mol. The number of piperidine rings is 2. The van der Waals surface area contributed by atoms with Crippen molar-refractivity contribution in [2.45, 2.75) is 51.0 Å². The molecule has 0 aromatic carbocycles. The minimum atomic E-state index is 0.258. The van der Waals surface area contributed by atoms with Gasteiger partial charge in [-0.15, -0.1) is 11.3 Å². The maximum absolute atomic E-state index is 12.6. The smallest absolute Gasteiger partial charge is 0.264 e. The summed E-state index contributed by atoms with van der Waals surface area (Å²) in [6, 6.07) is 4.39. The molecule has 1 aromatic rings. The van der Waals surface area contributed by atoms with E-state index in [4.69, 9.17) is 0 Å². The highest BCUT2D eigenvalue weighted by molar-refractivity contribution is 7.12. The predicted molar refractivity (Wildman–Crippen MR) is 87.9 cm³/mol. The van der Waals surface area contributed by atoms with Gasteiger partial charge in [0, 0.05) is 19.1 Å². The van der Waals surface area contributed by atoms with E-state index in [1.807, 2.05) is 17.5 Å². The van der Waals surface area contributed by atoms with Gasteiger partial charge >= 0.3 is 0 Å². The van der Waals surface area contributed by atoms with Gasteiger partial charge in [-0.2, -0.15) is 0 Å². The zero-order valence-corrected chi connectivity index (χ0v) is 13.6. The third kappa shape index (κ3) is 3.86. The van der Waals surface area contributed by atoms with E-state index >= 15 is 0 Å². The maximum atomic E-state index is 12.6. The van der Waals surface area contributed by atoms with Gasteiger partial charge in [-0.25, -0.2) is 0 Å². The molecule has 0 radical (unpaired) electrons. The molecule has 4 heteroatoms. The number of hydrogen-bond donors (Lipinski definition) is 0. The Hall–Kier alpha value is -0.870. The molecule has 2 aliphatic rings. The molecule has 2 aliphatic heterocycles. The Balaban J connectivity index is 1.57. The topological polar surface area (TPSA) is 23.6 Å². The first-order valence-corrected chi connectivity index (χ1v) is 9.29. The number of rotatable bonds is 4. The van der Waals surface area contributed by atoms with Crippen molar-refractivity contribution in [1.82, 2.24) is 9.80 Å². The molecule has 1 amide bonds. The fourth-order valence-corrected chi connectivity index (χ4v) is 4.30. The van der Waals surface area contributed by atoms with Crippen LogP contribution in [-0.4, -0.2) is 47.9 Å². The molecule has 116 valence electrons. The molecule has 3 rings (SSSR count). The first kappa shape index (κ1) is 15.0. The summed E-state index contributed by atoms with van der Waals surface area (Å²) in [6.07, 6.45) is 8.87. The predicted octanol–water partition coefficient (Wildman–Crippen LogP) is 3.62. The second-order valence-corrected chi connectivity index (χ2v) is 7.26. The first-order valence-electron chi connectivity index (χ1n) is 8.41. The lowest BCUT2D eigenvalue weighted by Gasteiger charge is -2.37. The number of amides is 1. The molecular weight excluding hydrogens is 280 g/mol. The van der Waals surface area contributed by atoms with Crippen LogP contribution in [0.2, 0.25) is 0 Å². The highest BCUT2D eigenvalue weighted by Gasteiger charge is 2.28. The zero-order chi connectivity index (χ0) is 14.5. The molecular formula is C17H26N2OS. The minimum absolute atomic E-state index is 0.258. The van der Waals surface area contributed by atoms with Gasteiger partial charge < -0.3 is 9.80 Å². The van der Waals surface area contributed by atoms with Crippen molar-refractivity contribution >= 4 is 17.2 Å². The molecule has 0 spiro atoms. The SMILES string of the molecule is O=C(c1cccs1)N1CCCC[C@H]1CCN1CCCCC1. The third-order valence-corrected chi connectivity index (χ3v) is 5.71. The van der Waals surface area contributed by atoms with Crippen LogP contribution in [0.15, 0.2) is 17.5 Å². The second-order valence-electron chi connectivity index (χ2n) is 6.32. The van der Waals surface area contributed by atoms with Gasteiger partial charge in [-0.3, -0.25) is 4.79 Å². The van der Waals surface area contributed by atoms with Crippen LogP contribution >= 0.6 is 11.3 Å². The standard InChI is InChI=1S/C17H26N2OS/c20-17(16-8-6-14-21-16)19-12-5-2-7-15(19)9-13-18-10-3-1-4-11-18/h6,8,14-15H,1-5,7,9-13H2/t15-/m0/s1. The van der Waals surface area contributed by atoms with E-state index in [1.165, 1.54) is 51.7 Å². The van der Waals surface area contributed by atoms with Crippen LogP contribution in [-0.2, 0) is 0 Å².